The number of aryl methyl sites for hydroxylation is 2. The Labute approximate surface area is 152 Å². The Balaban J connectivity index is 2.01. The summed E-state index contributed by atoms with van der Waals surface area (Å²) in [5.74, 6) is -1.24. The quantitative estimate of drug-likeness (QED) is 0.677. The van der Waals surface area contributed by atoms with Gasteiger partial charge in [-0.3, -0.25) is 4.79 Å². The van der Waals surface area contributed by atoms with Crippen LogP contribution in [0.4, 0.5) is 5.69 Å². The van der Waals surface area contributed by atoms with E-state index in [1.54, 1.807) is 12.1 Å². The lowest BCUT2D eigenvalue weighted by atomic mass is 10.1. The van der Waals surface area contributed by atoms with Crippen LogP contribution in [0, 0.1) is 6.92 Å². The minimum absolute atomic E-state index is 0.144. The third kappa shape index (κ3) is 3.33. The van der Waals surface area contributed by atoms with Crippen LogP contribution in [0.1, 0.15) is 46.2 Å². The largest absolute Gasteiger partial charge is 0.478 e. The van der Waals surface area contributed by atoms with Crippen molar-refractivity contribution >= 4 is 28.5 Å². The molecule has 2 N–H and O–H groups in total. The SMILES string of the molecule is CCCCn1c(C(=O)Nc2cccc(C(=O)O)c2)c(C)c2ccccc21. The Morgan fingerprint density at radius 3 is 2.62 bits per heavy atom. The number of hydrogen-bond acceptors (Lipinski definition) is 2. The number of amides is 1. The zero-order valence-corrected chi connectivity index (χ0v) is 15.0. The maximum absolute atomic E-state index is 13.0. The number of nitrogens with zero attached hydrogens (tertiary/aromatic N) is 1. The normalized spacial score (nSPS) is 10.8. The van der Waals surface area contributed by atoms with Gasteiger partial charge in [0.15, 0.2) is 0 Å². The molecule has 0 bridgehead atoms. The molecular formula is C21H22N2O3. The van der Waals surface area contributed by atoms with E-state index in [-0.39, 0.29) is 11.5 Å². The lowest BCUT2D eigenvalue weighted by Crippen LogP contribution is -2.18. The van der Waals surface area contributed by atoms with Crippen LogP contribution >= 0.6 is 0 Å². The average molecular weight is 350 g/mol. The number of nitrogens with one attached hydrogen (secondary N) is 1. The van der Waals surface area contributed by atoms with Gasteiger partial charge in [0.1, 0.15) is 5.69 Å². The zero-order valence-electron chi connectivity index (χ0n) is 15.0. The van der Waals surface area contributed by atoms with E-state index in [0.29, 0.717) is 11.4 Å². The standard InChI is InChI=1S/C21H22N2O3/c1-3-4-12-23-18-11-6-5-10-17(18)14(2)19(23)20(24)22-16-9-7-8-15(13-16)21(25)26/h5-11,13H,3-4,12H2,1-2H3,(H,22,24)(H,25,26). The molecule has 0 radical (unpaired) electrons. The van der Waals surface area contributed by atoms with Crippen LogP contribution in [0.5, 0.6) is 0 Å². The Bertz CT molecular complexity index is 973. The lowest BCUT2D eigenvalue weighted by Gasteiger charge is -2.12. The van der Waals surface area contributed by atoms with Gasteiger partial charge in [-0.15, -0.1) is 0 Å². The number of anilines is 1. The second-order valence-corrected chi connectivity index (χ2v) is 6.34. The molecule has 0 atom stereocenters. The van der Waals surface area contributed by atoms with Crippen molar-refractivity contribution in [2.75, 3.05) is 5.32 Å². The number of benzene rings is 2. The van der Waals surface area contributed by atoms with Crippen molar-refractivity contribution in [1.29, 1.82) is 0 Å². The summed E-state index contributed by atoms with van der Waals surface area (Å²) in [5, 5.41) is 13.0. The molecule has 5 nitrogen and oxygen atoms in total. The van der Waals surface area contributed by atoms with Gasteiger partial charge in [0.2, 0.25) is 0 Å². The fourth-order valence-electron chi connectivity index (χ4n) is 3.24. The topological polar surface area (TPSA) is 71.3 Å². The lowest BCUT2D eigenvalue weighted by molar-refractivity contribution is 0.0696. The smallest absolute Gasteiger partial charge is 0.335 e. The van der Waals surface area contributed by atoms with Crippen LogP contribution in [0.15, 0.2) is 48.5 Å². The molecule has 0 aliphatic rings. The van der Waals surface area contributed by atoms with Gasteiger partial charge in [-0.25, -0.2) is 4.79 Å². The molecule has 1 amide bonds. The van der Waals surface area contributed by atoms with Gasteiger partial charge in [0.05, 0.1) is 5.56 Å². The van der Waals surface area contributed by atoms with Gasteiger partial charge >= 0.3 is 5.97 Å². The number of carboxylic acid groups (broad SMARTS) is 1. The summed E-state index contributed by atoms with van der Waals surface area (Å²) in [6, 6.07) is 14.3. The monoisotopic (exact) mass is 350 g/mol. The summed E-state index contributed by atoms with van der Waals surface area (Å²) in [4.78, 5) is 24.1. The molecule has 0 saturated heterocycles. The van der Waals surface area contributed by atoms with E-state index in [1.807, 2.05) is 31.2 Å². The van der Waals surface area contributed by atoms with E-state index >= 15 is 0 Å². The number of fused-ring (bicyclic) bond motifs is 1. The van der Waals surface area contributed by atoms with Crippen molar-refractivity contribution in [1.82, 2.24) is 4.57 Å². The van der Waals surface area contributed by atoms with Gasteiger partial charge in [-0.1, -0.05) is 37.6 Å². The van der Waals surface area contributed by atoms with Crippen LogP contribution in [0.2, 0.25) is 0 Å². The maximum atomic E-state index is 13.0. The number of unbranched alkanes of at least 4 members (excludes halogenated alkanes) is 1. The molecule has 5 heteroatoms. The molecule has 1 aromatic heterocycles. The number of carbonyl (C=O) groups is 2. The molecule has 0 unspecified atom stereocenters. The van der Waals surface area contributed by atoms with Crippen molar-refractivity contribution in [2.45, 2.75) is 33.2 Å². The molecule has 26 heavy (non-hydrogen) atoms. The predicted molar refractivity (Wildman–Crippen MR) is 103 cm³/mol. The molecule has 0 spiro atoms. The number of carboxylic acids is 1. The maximum Gasteiger partial charge on any atom is 0.335 e. The molecule has 0 saturated carbocycles. The molecule has 3 rings (SSSR count). The molecule has 134 valence electrons. The second-order valence-electron chi connectivity index (χ2n) is 6.34. The first-order valence-corrected chi connectivity index (χ1v) is 8.75. The number of hydrogen-bond donors (Lipinski definition) is 2. The molecular weight excluding hydrogens is 328 g/mol. The molecule has 2 aromatic carbocycles. The Kier molecular flexibility index (Phi) is 5.07. The van der Waals surface area contributed by atoms with Gasteiger partial charge < -0.3 is 15.0 Å². The summed E-state index contributed by atoms with van der Waals surface area (Å²) < 4.78 is 2.06. The van der Waals surface area contributed by atoms with Crippen molar-refractivity contribution < 1.29 is 14.7 Å². The van der Waals surface area contributed by atoms with Crippen LogP contribution in [0.3, 0.4) is 0 Å². The highest BCUT2D eigenvalue weighted by Gasteiger charge is 2.20. The summed E-state index contributed by atoms with van der Waals surface area (Å²) in [6.07, 6.45) is 2.01. The first-order valence-electron chi connectivity index (χ1n) is 8.75. The summed E-state index contributed by atoms with van der Waals surface area (Å²) in [7, 11) is 0. The first kappa shape index (κ1) is 17.7. The number of rotatable bonds is 6. The fourth-order valence-corrected chi connectivity index (χ4v) is 3.24. The minimum Gasteiger partial charge on any atom is -0.478 e. The number of para-hydroxylation sites is 1. The van der Waals surface area contributed by atoms with E-state index in [9.17, 15) is 9.59 Å². The molecule has 0 aliphatic carbocycles. The molecule has 3 aromatic rings. The van der Waals surface area contributed by atoms with Crippen LogP contribution in [0.25, 0.3) is 10.9 Å². The summed E-state index contributed by atoms with van der Waals surface area (Å²) in [6.45, 7) is 4.84. The predicted octanol–water partition coefficient (Wildman–Crippen LogP) is 4.70. The number of aromatic carboxylic acids is 1. The first-order chi connectivity index (χ1) is 12.5. The van der Waals surface area contributed by atoms with Crippen molar-refractivity contribution in [3.8, 4) is 0 Å². The van der Waals surface area contributed by atoms with E-state index in [2.05, 4.69) is 16.8 Å². The van der Waals surface area contributed by atoms with Crippen molar-refractivity contribution in [3.63, 3.8) is 0 Å². The van der Waals surface area contributed by atoms with Gasteiger partial charge in [0, 0.05) is 23.1 Å². The van der Waals surface area contributed by atoms with E-state index < -0.39 is 5.97 Å². The van der Waals surface area contributed by atoms with Crippen LogP contribution in [-0.2, 0) is 6.54 Å². The average Bonchev–Trinajstić information content (AvgIpc) is 2.92. The highest BCUT2D eigenvalue weighted by atomic mass is 16.4. The number of carbonyl (C=O) groups excluding carboxylic acids is 1. The zero-order chi connectivity index (χ0) is 18.7. The fraction of sp³-hybridized carbons (Fsp3) is 0.238. The minimum atomic E-state index is -1.02. The Morgan fingerprint density at radius 1 is 1.12 bits per heavy atom. The van der Waals surface area contributed by atoms with E-state index in [0.717, 1.165) is 35.9 Å². The summed E-state index contributed by atoms with van der Waals surface area (Å²) in [5.41, 5.74) is 3.22. The van der Waals surface area contributed by atoms with Crippen molar-refractivity contribution in [2.24, 2.45) is 0 Å². The third-order valence-corrected chi connectivity index (χ3v) is 4.54. The van der Waals surface area contributed by atoms with Gasteiger partial charge in [-0.05, 0) is 43.2 Å². The number of aromatic nitrogens is 1. The van der Waals surface area contributed by atoms with E-state index in [4.69, 9.17) is 5.11 Å². The van der Waals surface area contributed by atoms with E-state index in [1.165, 1.54) is 12.1 Å². The third-order valence-electron chi connectivity index (χ3n) is 4.54. The Morgan fingerprint density at radius 2 is 1.88 bits per heavy atom. The highest BCUT2D eigenvalue weighted by molar-refractivity contribution is 6.08. The molecule has 0 fully saturated rings. The molecule has 0 aliphatic heterocycles. The van der Waals surface area contributed by atoms with Crippen molar-refractivity contribution in [3.05, 3.63) is 65.4 Å². The van der Waals surface area contributed by atoms with Gasteiger partial charge in [-0.2, -0.15) is 0 Å². The highest BCUT2D eigenvalue weighted by Crippen LogP contribution is 2.27. The van der Waals surface area contributed by atoms with Crippen LogP contribution in [-0.4, -0.2) is 21.6 Å². The second kappa shape index (κ2) is 7.44. The van der Waals surface area contributed by atoms with Gasteiger partial charge in [0.25, 0.3) is 5.91 Å². The summed E-state index contributed by atoms with van der Waals surface area (Å²) >= 11 is 0. The van der Waals surface area contributed by atoms with Crippen LogP contribution < -0.4 is 5.32 Å². The molecule has 1 heterocycles. The Hall–Kier alpha value is -3.08.